The van der Waals surface area contributed by atoms with Crippen molar-refractivity contribution in [3.8, 4) is 0 Å². The van der Waals surface area contributed by atoms with Gasteiger partial charge in [-0.05, 0) is 43.7 Å². The van der Waals surface area contributed by atoms with E-state index >= 15 is 0 Å². The van der Waals surface area contributed by atoms with Crippen molar-refractivity contribution in [1.29, 1.82) is 0 Å². The molecule has 4 heteroatoms. The zero-order valence-electron chi connectivity index (χ0n) is 11.3. The Morgan fingerprint density at radius 3 is 2.53 bits per heavy atom. The van der Waals surface area contributed by atoms with Gasteiger partial charge in [-0.25, -0.2) is 4.79 Å². The number of carbonyl (C=O) groups is 2. The fraction of sp³-hybridized carbons (Fsp3) is 0.467. The summed E-state index contributed by atoms with van der Waals surface area (Å²) in [5.41, 5.74) is 0.347. The van der Waals surface area contributed by atoms with E-state index in [0.29, 0.717) is 5.56 Å². The molecule has 1 saturated carbocycles. The standard InChI is InChI=1S/C15H19NO3/c1-3-10-6-4-5-7-12(10)13(17)16-15(2,14(18)19)11-8-9-11/h4-7,11H,3,8-9H2,1-2H3,(H,16,17)(H,18,19)/t15-/m0/s1. The van der Waals surface area contributed by atoms with Crippen molar-refractivity contribution in [3.05, 3.63) is 35.4 Å². The van der Waals surface area contributed by atoms with Gasteiger partial charge in [-0.15, -0.1) is 0 Å². The Balaban J connectivity index is 2.22. The summed E-state index contributed by atoms with van der Waals surface area (Å²) in [6.07, 6.45) is 2.47. The predicted molar refractivity (Wildman–Crippen MR) is 72.1 cm³/mol. The summed E-state index contributed by atoms with van der Waals surface area (Å²) >= 11 is 0. The molecular formula is C15H19NO3. The molecule has 1 atom stereocenters. The Labute approximate surface area is 112 Å². The lowest BCUT2D eigenvalue weighted by Crippen LogP contribution is -2.54. The summed E-state index contributed by atoms with van der Waals surface area (Å²) in [6, 6.07) is 7.31. The zero-order chi connectivity index (χ0) is 14.0. The minimum Gasteiger partial charge on any atom is -0.480 e. The van der Waals surface area contributed by atoms with Crippen molar-refractivity contribution in [2.45, 2.75) is 38.6 Å². The Morgan fingerprint density at radius 2 is 2.00 bits per heavy atom. The molecule has 1 amide bonds. The lowest BCUT2D eigenvalue weighted by atomic mass is 9.94. The topological polar surface area (TPSA) is 66.4 Å². The highest BCUT2D eigenvalue weighted by Gasteiger charge is 2.48. The monoisotopic (exact) mass is 261 g/mol. The van der Waals surface area contributed by atoms with Gasteiger partial charge in [-0.1, -0.05) is 25.1 Å². The molecule has 2 rings (SSSR count). The molecule has 1 aliphatic rings. The molecule has 0 aromatic heterocycles. The number of aliphatic carboxylic acids is 1. The summed E-state index contributed by atoms with van der Waals surface area (Å²) in [7, 11) is 0. The lowest BCUT2D eigenvalue weighted by Gasteiger charge is -2.26. The number of hydrogen-bond acceptors (Lipinski definition) is 2. The molecule has 0 saturated heterocycles. The Hall–Kier alpha value is -1.84. The Morgan fingerprint density at radius 1 is 1.37 bits per heavy atom. The number of rotatable bonds is 5. The second kappa shape index (κ2) is 5.03. The number of aryl methyl sites for hydroxylation is 1. The predicted octanol–water partition coefficient (Wildman–Crippen LogP) is 2.23. The fourth-order valence-electron chi connectivity index (χ4n) is 2.34. The van der Waals surface area contributed by atoms with E-state index in [9.17, 15) is 14.7 Å². The van der Waals surface area contributed by atoms with E-state index in [2.05, 4.69) is 5.32 Å². The highest BCUT2D eigenvalue weighted by molar-refractivity contribution is 5.99. The van der Waals surface area contributed by atoms with E-state index in [1.54, 1.807) is 19.1 Å². The highest BCUT2D eigenvalue weighted by Crippen LogP contribution is 2.39. The van der Waals surface area contributed by atoms with Gasteiger partial charge >= 0.3 is 5.97 Å². The normalized spacial score (nSPS) is 17.6. The molecule has 19 heavy (non-hydrogen) atoms. The third-order valence-electron chi connectivity index (χ3n) is 3.85. The fourth-order valence-corrected chi connectivity index (χ4v) is 2.34. The molecule has 0 aliphatic heterocycles. The molecule has 1 aliphatic carbocycles. The summed E-state index contributed by atoms with van der Waals surface area (Å²) in [5, 5.41) is 12.1. The first-order chi connectivity index (χ1) is 8.99. The van der Waals surface area contributed by atoms with Crippen molar-refractivity contribution in [2.24, 2.45) is 5.92 Å². The van der Waals surface area contributed by atoms with Crippen molar-refractivity contribution in [2.75, 3.05) is 0 Å². The first-order valence-corrected chi connectivity index (χ1v) is 6.63. The summed E-state index contributed by atoms with van der Waals surface area (Å²) in [6.45, 7) is 3.57. The van der Waals surface area contributed by atoms with Crippen LogP contribution in [0, 0.1) is 5.92 Å². The molecule has 0 radical (unpaired) electrons. The van der Waals surface area contributed by atoms with Gasteiger partial charge in [0.1, 0.15) is 5.54 Å². The number of benzene rings is 1. The number of amides is 1. The second-order valence-electron chi connectivity index (χ2n) is 5.25. The van der Waals surface area contributed by atoms with Crippen LogP contribution in [0.5, 0.6) is 0 Å². The van der Waals surface area contributed by atoms with Crippen LogP contribution in [0.4, 0.5) is 0 Å². The minimum absolute atomic E-state index is 0.0442. The molecule has 4 nitrogen and oxygen atoms in total. The van der Waals surface area contributed by atoms with Crippen molar-refractivity contribution in [3.63, 3.8) is 0 Å². The van der Waals surface area contributed by atoms with Crippen LogP contribution in [0.25, 0.3) is 0 Å². The molecule has 0 bridgehead atoms. The maximum absolute atomic E-state index is 12.3. The van der Waals surface area contributed by atoms with Gasteiger partial charge in [0.05, 0.1) is 0 Å². The highest BCUT2D eigenvalue weighted by atomic mass is 16.4. The van der Waals surface area contributed by atoms with Crippen LogP contribution in [0.3, 0.4) is 0 Å². The van der Waals surface area contributed by atoms with Gasteiger partial charge in [-0.2, -0.15) is 0 Å². The van der Waals surface area contributed by atoms with E-state index in [4.69, 9.17) is 0 Å². The van der Waals surface area contributed by atoms with Crippen molar-refractivity contribution < 1.29 is 14.7 Å². The van der Waals surface area contributed by atoms with Gasteiger partial charge in [-0.3, -0.25) is 4.79 Å². The van der Waals surface area contributed by atoms with Gasteiger partial charge in [0.15, 0.2) is 0 Å². The van der Waals surface area contributed by atoms with Crippen molar-refractivity contribution >= 4 is 11.9 Å². The minimum atomic E-state index is -1.15. The van der Waals surface area contributed by atoms with Gasteiger partial charge in [0.2, 0.25) is 0 Å². The van der Waals surface area contributed by atoms with Crippen LogP contribution in [-0.4, -0.2) is 22.5 Å². The van der Waals surface area contributed by atoms with E-state index in [1.807, 2.05) is 19.1 Å². The average molecular weight is 261 g/mol. The van der Waals surface area contributed by atoms with Crippen LogP contribution in [0.15, 0.2) is 24.3 Å². The largest absolute Gasteiger partial charge is 0.480 e. The molecule has 1 fully saturated rings. The maximum atomic E-state index is 12.3. The molecule has 0 heterocycles. The number of nitrogens with one attached hydrogen (secondary N) is 1. The van der Waals surface area contributed by atoms with Crippen LogP contribution in [-0.2, 0) is 11.2 Å². The van der Waals surface area contributed by atoms with Crippen LogP contribution >= 0.6 is 0 Å². The third-order valence-corrected chi connectivity index (χ3v) is 3.85. The first-order valence-electron chi connectivity index (χ1n) is 6.63. The number of carboxylic acids is 1. The number of carboxylic acid groups (broad SMARTS) is 1. The summed E-state index contributed by atoms with van der Waals surface area (Å²) in [5.74, 6) is -1.21. The summed E-state index contributed by atoms with van der Waals surface area (Å²) in [4.78, 5) is 23.7. The smallest absolute Gasteiger partial charge is 0.329 e. The van der Waals surface area contributed by atoms with E-state index in [1.165, 1.54) is 0 Å². The third kappa shape index (κ3) is 2.62. The molecule has 0 unspecified atom stereocenters. The Bertz CT molecular complexity index is 508. The van der Waals surface area contributed by atoms with Crippen LogP contribution < -0.4 is 5.32 Å². The molecule has 102 valence electrons. The zero-order valence-corrected chi connectivity index (χ0v) is 11.3. The Kier molecular flexibility index (Phi) is 3.60. The molecule has 1 aromatic rings. The molecule has 2 N–H and O–H groups in total. The van der Waals surface area contributed by atoms with Crippen LogP contribution in [0.2, 0.25) is 0 Å². The maximum Gasteiger partial charge on any atom is 0.329 e. The van der Waals surface area contributed by atoms with Crippen molar-refractivity contribution in [1.82, 2.24) is 5.32 Å². The SMILES string of the molecule is CCc1ccccc1C(=O)N[C@](C)(C(=O)O)C1CC1. The van der Waals surface area contributed by atoms with E-state index in [0.717, 1.165) is 24.8 Å². The number of hydrogen-bond donors (Lipinski definition) is 2. The first kappa shape index (κ1) is 13.6. The van der Waals surface area contributed by atoms with Gasteiger partial charge < -0.3 is 10.4 Å². The van der Waals surface area contributed by atoms with E-state index in [-0.39, 0.29) is 11.8 Å². The van der Waals surface area contributed by atoms with E-state index < -0.39 is 11.5 Å². The quantitative estimate of drug-likeness (QED) is 0.854. The molecular weight excluding hydrogens is 242 g/mol. The lowest BCUT2D eigenvalue weighted by molar-refractivity contribution is -0.144. The van der Waals surface area contributed by atoms with Gasteiger partial charge in [0, 0.05) is 5.56 Å². The second-order valence-corrected chi connectivity index (χ2v) is 5.25. The average Bonchev–Trinajstić information content (AvgIpc) is 3.22. The molecule has 0 spiro atoms. The summed E-state index contributed by atoms with van der Waals surface area (Å²) < 4.78 is 0. The van der Waals surface area contributed by atoms with Gasteiger partial charge in [0.25, 0.3) is 5.91 Å². The number of carbonyl (C=O) groups excluding carboxylic acids is 1. The molecule has 1 aromatic carbocycles. The van der Waals surface area contributed by atoms with Crippen LogP contribution in [0.1, 0.15) is 42.6 Å².